The topological polar surface area (TPSA) is 107 Å². The predicted molar refractivity (Wildman–Crippen MR) is 107 cm³/mol. The summed E-state index contributed by atoms with van der Waals surface area (Å²) in [7, 11) is 0. The van der Waals surface area contributed by atoms with E-state index in [0.717, 1.165) is 22.2 Å². The molecule has 0 radical (unpaired) electrons. The van der Waals surface area contributed by atoms with Gasteiger partial charge in [-0.05, 0) is 30.0 Å². The molecular weight excluding hydrogens is 356 g/mol. The average molecular weight is 378 g/mol. The SMILES string of the molecule is CCc1cc(-n2nnc(O)c2-c2c(C(C)C)[nH]c3ccccc23)c(O)cc1O. The van der Waals surface area contributed by atoms with Crippen molar-refractivity contribution >= 4 is 10.9 Å². The Labute approximate surface area is 161 Å². The second kappa shape index (κ2) is 6.60. The highest BCUT2D eigenvalue weighted by Gasteiger charge is 2.25. The van der Waals surface area contributed by atoms with Crippen LogP contribution in [0.4, 0.5) is 0 Å². The number of aromatic nitrogens is 4. The van der Waals surface area contributed by atoms with Crippen molar-refractivity contribution < 1.29 is 15.3 Å². The Hall–Kier alpha value is -3.48. The summed E-state index contributed by atoms with van der Waals surface area (Å²) in [6.07, 6.45) is 0.583. The molecular formula is C21H22N4O3. The van der Waals surface area contributed by atoms with Crippen LogP contribution in [0.25, 0.3) is 27.8 Å². The number of fused-ring (bicyclic) bond motifs is 1. The van der Waals surface area contributed by atoms with Crippen molar-refractivity contribution in [3.8, 4) is 34.3 Å². The standard InChI is InChI=1S/C21H22N4O3/c1-4-12-9-15(17(27)10-16(12)26)25-20(21(28)23-24-25)18-13-7-5-6-8-14(13)22-19(18)11(2)3/h5-11,22,26-28H,4H2,1-3H3. The Morgan fingerprint density at radius 2 is 1.82 bits per heavy atom. The molecule has 4 N–H and O–H groups in total. The molecule has 0 amide bonds. The summed E-state index contributed by atoms with van der Waals surface area (Å²) in [5.74, 6) is -0.196. The summed E-state index contributed by atoms with van der Waals surface area (Å²) < 4.78 is 1.42. The van der Waals surface area contributed by atoms with Crippen LogP contribution in [0.3, 0.4) is 0 Å². The van der Waals surface area contributed by atoms with E-state index in [2.05, 4.69) is 29.1 Å². The third-order valence-electron chi connectivity index (χ3n) is 4.99. The first-order valence-electron chi connectivity index (χ1n) is 9.23. The number of phenolic OH excluding ortho intramolecular Hbond substituents is 2. The van der Waals surface area contributed by atoms with Crippen LogP contribution in [-0.2, 0) is 6.42 Å². The van der Waals surface area contributed by atoms with Crippen molar-refractivity contribution in [3.05, 3.63) is 47.7 Å². The fourth-order valence-electron chi connectivity index (χ4n) is 3.57. The molecule has 0 unspecified atom stereocenters. The molecule has 0 aliphatic heterocycles. The molecule has 28 heavy (non-hydrogen) atoms. The minimum absolute atomic E-state index is 0.0181. The average Bonchev–Trinajstić information content (AvgIpc) is 3.22. The van der Waals surface area contributed by atoms with Crippen molar-refractivity contribution in [2.45, 2.75) is 33.1 Å². The van der Waals surface area contributed by atoms with Gasteiger partial charge in [0.15, 0.2) is 0 Å². The highest BCUT2D eigenvalue weighted by Crippen LogP contribution is 2.42. The van der Waals surface area contributed by atoms with Crippen LogP contribution in [0.5, 0.6) is 17.4 Å². The quantitative estimate of drug-likeness (QED) is 0.425. The lowest BCUT2D eigenvalue weighted by Gasteiger charge is -2.13. The van der Waals surface area contributed by atoms with E-state index in [1.54, 1.807) is 6.07 Å². The van der Waals surface area contributed by atoms with Crippen LogP contribution >= 0.6 is 0 Å². The molecule has 4 aromatic rings. The van der Waals surface area contributed by atoms with Gasteiger partial charge in [0.1, 0.15) is 22.9 Å². The van der Waals surface area contributed by atoms with Crippen LogP contribution in [0.2, 0.25) is 0 Å². The summed E-state index contributed by atoms with van der Waals surface area (Å²) in [6, 6.07) is 10.8. The number of hydrogen-bond donors (Lipinski definition) is 4. The van der Waals surface area contributed by atoms with Gasteiger partial charge in [-0.15, -0.1) is 0 Å². The van der Waals surface area contributed by atoms with Crippen LogP contribution in [0.1, 0.15) is 37.9 Å². The smallest absolute Gasteiger partial charge is 0.259 e. The monoisotopic (exact) mass is 378 g/mol. The van der Waals surface area contributed by atoms with Gasteiger partial charge in [-0.3, -0.25) is 0 Å². The molecule has 0 fully saturated rings. The van der Waals surface area contributed by atoms with Crippen LogP contribution in [0.15, 0.2) is 36.4 Å². The summed E-state index contributed by atoms with van der Waals surface area (Å²) in [5, 5.41) is 39.9. The van der Waals surface area contributed by atoms with E-state index in [1.165, 1.54) is 10.7 Å². The maximum Gasteiger partial charge on any atom is 0.259 e. The number of hydrogen-bond acceptors (Lipinski definition) is 5. The number of nitrogens with zero attached hydrogens (tertiary/aromatic N) is 3. The zero-order valence-electron chi connectivity index (χ0n) is 15.9. The largest absolute Gasteiger partial charge is 0.508 e. The summed E-state index contributed by atoms with van der Waals surface area (Å²) in [4.78, 5) is 3.42. The van der Waals surface area contributed by atoms with Gasteiger partial charge < -0.3 is 20.3 Å². The number of benzene rings is 2. The molecule has 7 heteroatoms. The fraction of sp³-hybridized carbons (Fsp3) is 0.238. The minimum atomic E-state index is -0.225. The summed E-state index contributed by atoms with van der Waals surface area (Å²) >= 11 is 0. The van der Waals surface area contributed by atoms with Gasteiger partial charge >= 0.3 is 0 Å². The van der Waals surface area contributed by atoms with Crippen molar-refractivity contribution in [3.63, 3.8) is 0 Å². The van der Waals surface area contributed by atoms with E-state index in [4.69, 9.17) is 0 Å². The molecule has 2 aromatic heterocycles. The fourth-order valence-corrected chi connectivity index (χ4v) is 3.57. The number of aryl methyl sites for hydroxylation is 1. The van der Waals surface area contributed by atoms with Crippen LogP contribution in [0, 0.1) is 0 Å². The first-order valence-corrected chi connectivity index (χ1v) is 9.23. The number of para-hydroxylation sites is 1. The van der Waals surface area contributed by atoms with Crippen molar-refractivity contribution in [1.29, 1.82) is 0 Å². The van der Waals surface area contributed by atoms with E-state index in [-0.39, 0.29) is 23.3 Å². The molecule has 4 rings (SSSR count). The van der Waals surface area contributed by atoms with E-state index < -0.39 is 0 Å². The molecule has 0 aliphatic carbocycles. The van der Waals surface area contributed by atoms with E-state index in [9.17, 15) is 15.3 Å². The van der Waals surface area contributed by atoms with Crippen LogP contribution in [-0.4, -0.2) is 35.3 Å². The molecule has 0 atom stereocenters. The molecule has 0 spiro atoms. The number of rotatable bonds is 4. The number of nitrogens with one attached hydrogen (secondary N) is 1. The Bertz CT molecular complexity index is 1170. The highest BCUT2D eigenvalue weighted by atomic mass is 16.3. The van der Waals surface area contributed by atoms with Crippen molar-refractivity contribution in [2.24, 2.45) is 0 Å². The lowest BCUT2D eigenvalue weighted by atomic mass is 10.0. The van der Waals surface area contributed by atoms with Gasteiger partial charge in [-0.1, -0.05) is 49.3 Å². The minimum Gasteiger partial charge on any atom is -0.508 e. The number of aromatic amines is 1. The van der Waals surface area contributed by atoms with Gasteiger partial charge in [0, 0.05) is 28.2 Å². The van der Waals surface area contributed by atoms with E-state index in [1.807, 2.05) is 31.2 Å². The number of H-pyrrole nitrogens is 1. The molecule has 0 aliphatic rings. The molecule has 0 saturated heterocycles. The van der Waals surface area contributed by atoms with Crippen molar-refractivity contribution in [2.75, 3.05) is 0 Å². The molecule has 2 aromatic carbocycles. The number of aromatic hydroxyl groups is 3. The Morgan fingerprint density at radius 3 is 2.54 bits per heavy atom. The maximum atomic E-state index is 10.6. The van der Waals surface area contributed by atoms with Crippen molar-refractivity contribution in [1.82, 2.24) is 20.0 Å². The maximum absolute atomic E-state index is 10.6. The lowest BCUT2D eigenvalue weighted by Crippen LogP contribution is -2.03. The summed E-state index contributed by atoms with van der Waals surface area (Å²) in [5.41, 5.74) is 4.07. The zero-order valence-corrected chi connectivity index (χ0v) is 15.9. The van der Waals surface area contributed by atoms with E-state index >= 15 is 0 Å². The Morgan fingerprint density at radius 1 is 1.07 bits per heavy atom. The lowest BCUT2D eigenvalue weighted by molar-refractivity contribution is 0.443. The number of phenols is 2. The van der Waals surface area contributed by atoms with Gasteiger partial charge in [0.2, 0.25) is 0 Å². The van der Waals surface area contributed by atoms with Gasteiger partial charge in [-0.2, -0.15) is 0 Å². The van der Waals surface area contributed by atoms with Gasteiger partial charge in [0.05, 0.1) is 0 Å². The van der Waals surface area contributed by atoms with Gasteiger partial charge in [-0.25, -0.2) is 4.68 Å². The Kier molecular flexibility index (Phi) is 4.22. The first kappa shape index (κ1) is 17.9. The first-order chi connectivity index (χ1) is 13.4. The summed E-state index contributed by atoms with van der Waals surface area (Å²) in [6.45, 7) is 6.03. The third kappa shape index (κ3) is 2.67. The van der Waals surface area contributed by atoms with Crippen LogP contribution < -0.4 is 0 Å². The molecule has 0 saturated carbocycles. The van der Waals surface area contributed by atoms with E-state index in [0.29, 0.717) is 23.4 Å². The second-order valence-electron chi connectivity index (χ2n) is 7.11. The normalized spacial score (nSPS) is 11.6. The highest BCUT2D eigenvalue weighted by molar-refractivity contribution is 5.98. The molecule has 2 heterocycles. The third-order valence-corrected chi connectivity index (χ3v) is 4.99. The second-order valence-corrected chi connectivity index (χ2v) is 7.11. The predicted octanol–water partition coefficient (Wildman–Crippen LogP) is 4.22. The molecule has 144 valence electrons. The molecule has 0 bridgehead atoms. The zero-order chi connectivity index (χ0) is 20.0. The Balaban J connectivity index is 2.05. The van der Waals surface area contributed by atoms with Gasteiger partial charge in [0.25, 0.3) is 5.88 Å². The molecule has 7 nitrogen and oxygen atoms in total.